The highest BCUT2D eigenvalue weighted by atomic mass is 35.5. The van der Waals surface area contributed by atoms with E-state index in [1.807, 2.05) is 20.9 Å². The molecule has 1 aromatic heterocycles. The quantitative estimate of drug-likeness (QED) is 0.714. The minimum Gasteiger partial charge on any atom is -0.356 e. The van der Waals surface area contributed by atoms with Gasteiger partial charge in [-0.2, -0.15) is 0 Å². The van der Waals surface area contributed by atoms with Crippen molar-refractivity contribution in [1.29, 1.82) is 0 Å². The summed E-state index contributed by atoms with van der Waals surface area (Å²) < 4.78 is 0. The zero-order chi connectivity index (χ0) is 13.4. The van der Waals surface area contributed by atoms with Crippen molar-refractivity contribution in [2.24, 2.45) is 5.92 Å². The van der Waals surface area contributed by atoms with Gasteiger partial charge in [-0.25, -0.2) is 4.98 Å². The minimum atomic E-state index is 0. The summed E-state index contributed by atoms with van der Waals surface area (Å²) in [5, 5.41) is 9.25. The molecule has 1 rings (SSSR count). The third-order valence-corrected chi connectivity index (χ3v) is 3.77. The van der Waals surface area contributed by atoms with Gasteiger partial charge in [0.25, 0.3) is 0 Å². The lowest BCUT2D eigenvalue weighted by molar-refractivity contribution is -0.124. The van der Waals surface area contributed by atoms with E-state index in [4.69, 9.17) is 0 Å². The Labute approximate surface area is 138 Å². The van der Waals surface area contributed by atoms with Crippen molar-refractivity contribution in [3.8, 4) is 0 Å². The van der Waals surface area contributed by atoms with E-state index in [1.54, 1.807) is 11.3 Å². The first kappa shape index (κ1) is 21.9. The van der Waals surface area contributed by atoms with Crippen LogP contribution < -0.4 is 10.6 Å². The lowest BCUT2D eigenvalue weighted by atomic mass is 10.1. The second-order valence-electron chi connectivity index (χ2n) is 4.59. The summed E-state index contributed by atoms with van der Waals surface area (Å²) in [6, 6.07) is 0. The van der Waals surface area contributed by atoms with E-state index in [-0.39, 0.29) is 36.6 Å². The molecule has 0 aliphatic heterocycles. The number of carbonyl (C=O) groups excluding carboxylic acids is 1. The van der Waals surface area contributed by atoms with Gasteiger partial charge in [-0.05, 0) is 33.2 Å². The predicted octanol–water partition coefficient (Wildman–Crippen LogP) is 2.59. The number of amides is 1. The van der Waals surface area contributed by atoms with Gasteiger partial charge >= 0.3 is 0 Å². The Hall–Kier alpha value is -0.360. The van der Waals surface area contributed by atoms with E-state index in [0.29, 0.717) is 0 Å². The standard InChI is InChI=1S/C13H23N3OS.2ClH/c1-10(8-14-3)13(17)15-7-5-4-6-12-16-11(2)9-18-12;;/h9-10,14H,4-8H2,1-3H3,(H,15,17);2*1H. The zero-order valence-corrected chi connectivity index (χ0v) is 14.7. The first-order chi connectivity index (χ1) is 8.63. The van der Waals surface area contributed by atoms with Gasteiger partial charge in [-0.15, -0.1) is 36.2 Å². The number of halogens is 2. The molecule has 1 amide bonds. The molecule has 20 heavy (non-hydrogen) atoms. The number of hydrogen-bond acceptors (Lipinski definition) is 4. The van der Waals surface area contributed by atoms with Crippen molar-refractivity contribution >= 4 is 42.1 Å². The Morgan fingerprint density at radius 3 is 2.65 bits per heavy atom. The van der Waals surface area contributed by atoms with Crippen molar-refractivity contribution in [3.63, 3.8) is 0 Å². The summed E-state index contributed by atoms with van der Waals surface area (Å²) in [5.41, 5.74) is 1.10. The van der Waals surface area contributed by atoms with Crippen LogP contribution in [0.15, 0.2) is 5.38 Å². The fourth-order valence-corrected chi connectivity index (χ4v) is 2.52. The van der Waals surface area contributed by atoms with Crippen LogP contribution in [0.4, 0.5) is 0 Å². The second-order valence-corrected chi connectivity index (χ2v) is 5.53. The van der Waals surface area contributed by atoms with Crippen LogP contribution >= 0.6 is 36.2 Å². The molecule has 2 N–H and O–H groups in total. The van der Waals surface area contributed by atoms with Gasteiger partial charge in [0, 0.05) is 30.1 Å². The van der Waals surface area contributed by atoms with E-state index >= 15 is 0 Å². The van der Waals surface area contributed by atoms with E-state index in [1.165, 1.54) is 5.01 Å². The number of unbranched alkanes of at least 4 members (excludes halogenated alkanes) is 1. The number of nitrogens with one attached hydrogen (secondary N) is 2. The topological polar surface area (TPSA) is 54.0 Å². The summed E-state index contributed by atoms with van der Waals surface area (Å²) in [4.78, 5) is 16.0. The molecule has 0 spiro atoms. The molecule has 0 radical (unpaired) electrons. The molecule has 118 valence electrons. The molecule has 7 heteroatoms. The number of aryl methyl sites for hydroxylation is 2. The van der Waals surface area contributed by atoms with Crippen molar-refractivity contribution in [2.45, 2.75) is 33.1 Å². The third kappa shape index (κ3) is 8.74. The van der Waals surface area contributed by atoms with Crippen LogP contribution in [-0.2, 0) is 11.2 Å². The normalized spacial score (nSPS) is 11.2. The van der Waals surface area contributed by atoms with Crippen LogP contribution in [0.1, 0.15) is 30.5 Å². The molecule has 0 aromatic carbocycles. The molecular formula is C13H25Cl2N3OS. The summed E-state index contributed by atoms with van der Waals surface area (Å²) in [7, 11) is 1.86. The number of carbonyl (C=O) groups is 1. The van der Waals surface area contributed by atoms with E-state index < -0.39 is 0 Å². The van der Waals surface area contributed by atoms with Crippen molar-refractivity contribution in [3.05, 3.63) is 16.1 Å². The summed E-state index contributed by atoms with van der Waals surface area (Å²) in [6.07, 6.45) is 3.10. The van der Waals surface area contributed by atoms with Gasteiger partial charge in [-0.3, -0.25) is 4.79 Å². The molecule has 0 aliphatic rings. The Bertz CT molecular complexity index is 374. The molecule has 0 fully saturated rings. The summed E-state index contributed by atoms with van der Waals surface area (Å²) in [6.45, 7) is 5.44. The maximum absolute atomic E-state index is 11.6. The van der Waals surface area contributed by atoms with Crippen molar-refractivity contribution < 1.29 is 4.79 Å². The summed E-state index contributed by atoms with van der Waals surface area (Å²) >= 11 is 1.72. The zero-order valence-electron chi connectivity index (χ0n) is 12.3. The number of thiazole rings is 1. The molecule has 0 saturated heterocycles. The van der Waals surface area contributed by atoms with Crippen LogP contribution in [0.3, 0.4) is 0 Å². The average Bonchev–Trinajstić information content (AvgIpc) is 2.74. The summed E-state index contributed by atoms with van der Waals surface area (Å²) in [5.74, 6) is 0.172. The fraction of sp³-hybridized carbons (Fsp3) is 0.692. The first-order valence-electron chi connectivity index (χ1n) is 6.46. The SMILES string of the molecule is CNCC(C)C(=O)NCCCCc1nc(C)cs1.Cl.Cl. The molecule has 0 bridgehead atoms. The van der Waals surface area contributed by atoms with Crippen molar-refractivity contribution in [2.75, 3.05) is 20.1 Å². The number of nitrogens with zero attached hydrogens (tertiary/aromatic N) is 1. The van der Waals surface area contributed by atoms with Crippen LogP contribution in [0.2, 0.25) is 0 Å². The van der Waals surface area contributed by atoms with E-state index in [0.717, 1.165) is 38.0 Å². The van der Waals surface area contributed by atoms with Gasteiger partial charge in [0.15, 0.2) is 0 Å². The fourth-order valence-electron chi connectivity index (χ4n) is 1.70. The average molecular weight is 342 g/mol. The molecule has 1 unspecified atom stereocenters. The molecular weight excluding hydrogens is 317 g/mol. The van der Waals surface area contributed by atoms with Crippen LogP contribution in [0.25, 0.3) is 0 Å². The van der Waals surface area contributed by atoms with Crippen LogP contribution in [0.5, 0.6) is 0 Å². The second kappa shape index (κ2) is 12.4. The van der Waals surface area contributed by atoms with Crippen molar-refractivity contribution in [1.82, 2.24) is 15.6 Å². The minimum absolute atomic E-state index is 0. The Morgan fingerprint density at radius 2 is 2.10 bits per heavy atom. The van der Waals surface area contributed by atoms with Crippen LogP contribution in [0, 0.1) is 12.8 Å². The van der Waals surface area contributed by atoms with E-state index in [9.17, 15) is 4.79 Å². The first-order valence-corrected chi connectivity index (χ1v) is 7.34. The highest BCUT2D eigenvalue weighted by Crippen LogP contribution is 2.11. The number of rotatable bonds is 8. The Kier molecular flexibility index (Phi) is 13.6. The maximum atomic E-state index is 11.6. The smallest absolute Gasteiger partial charge is 0.224 e. The van der Waals surface area contributed by atoms with Gasteiger partial charge in [0.05, 0.1) is 5.01 Å². The Morgan fingerprint density at radius 1 is 1.40 bits per heavy atom. The van der Waals surface area contributed by atoms with Crippen LogP contribution in [-0.4, -0.2) is 31.0 Å². The maximum Gasteiger partial charge on any atom is 0.224 e. The highest BCUT2D eigenvalue weighted by Gasteiger charge is 2.10. The van der Waals surface area contributed by atoms with Gasteiger partial charge in [0.2, 0.25) is 5.91 Å². The van der Waals surface area contributed by atoms with Gasteiger partial charge in [0.1, 0.15) is 0 Å². The van der Waals surface area contributed by atoms with Gasteiger partial charge < -0.3 is 10.6 Å². The molecule has 1 aromatic rings. The van der Waals surface area contributed by atoms with Gasteiger partial charge in [-0.1, -0.05) is 6.92 Å². The Balaban J connectivity index is 0. The molecule has 1 atom stereocenters. The highest BCUT2D eigenvalue weighted by molar-refractivity contribution is 7.09. The number of aromatic nitrogens is 1. The monoisotopic (exact) mass is 341 g/mol. The lowest BCUT2D eigenvalue weighted by Gasteiger charge is -2.11. The van der Waals surface area contributed by atoms with E-state index in [2.05, 4.69) is 21.0 Å². The lowest BCUT2D eigenvalue weighted by Crippen LogP contribution is -2.34. The molecule has 0 aliphatic carbocycles. The molecule has 0 saturated carbocycles. The number of hydrogen-bond donors (Lipinski definition) is 2. The third-order valence-electron chi connectivity index (χ3n) is 2.74. The largest absolute Gasteiger partial charge is 0.356 e. The molecule has 1 heterocycles. The predicted molar refractivity (Wildman–Crippen MR) is 90.4 cm³/mol. The molecule has 4 nitrogen and oxygen atoms in total.